The molecule has 84 valence electrons. The van der Waals surface area contributed by atoms with E-state index in [0.717, 1.165) is 19.5 Å². The molecule has 0 rings (SSSR count). The molecule has 1 atom stereocenters. The van der Waals surface area contributed by atoms with E-state index in [4.69, 9.17) is 22.3 Å². The zero-order valence-corrected chi connectivity index (χ0v) is 7.98. The van der Waals surface area contributed by atoms with Crippen LogP contribution in [0.2, 0.25) is 0 Å². The monoisotopic (exact) mass is 206 g/mol. The van der Waals surface area contributed by atoms with Gasteiger partial charge in [0.2, 0.25) is 5.91 Å². The van der Waals surface area contributed by atoms with Crippen LogP contribution in [0.3, 0.4) is 0 Å². The number of hydrogen-bond donors (Lipinski definition) is 5. The maximum absolute atomic E-state index is 9.99. The maximum Gasteiger partial charge on any atom is 0.321 e. The van der Waals surface area contributed by atoms with Gasteiger partial charge in [0.05, 0.1) is 6.42 Å². The predicted octanol–water partition coefficient (Wildman–Crippen LogP) is -2.43. The van der Waals surface area contributed by atoms with Gasteiger partial charge in [-0.15, -0.1) is 0 Å². The van der Waals surface area contributed by atoms with Crippen LogP contribution in [0.25, 0.3) is 0 Å². The first-order chi connectivity index (χ1) is 6.45. The van der Waals surface area contributed by atoms with Gasteiger partial charge in [-0.3, -0.25) is 9.59 Å². The molecule has 1 amide bonds. The second-order valence-electron chi connectivity index (χ2n) is 2.55. The van der Waals surface area contributed by atoms with Crippen LogP contribution in [0, 0.1) is 0 Å². The van der Waals surface area contributed by atoms with Crippen molar-refractivity contribution in [1.29, 1.82) is 0 Å². The van der Waals surface area contributed by atoms with Crippen LogP contribution in [0.4, 0.5) is 0 Å². The first kappa shape index (κ1) is 15.3. The highest BCUT2D eigenvalue weighted by atomic mass is 16.4. The summed E-state index contributed by atoms with van der Waals surface area (Å²) in [6.45, 7) is 1.44. The summed E-state index contributed by atoms with van der Waals surface area (Å²) in [5.41, 5.74) is 19.7. The Hall–Kier alpha value is -1.18. The molecule has 0 radical (unpaired) electrons. The molecule has 9 N–H and O–H groups in total. The molecule has 0 unspecified atom stereocenters. The lowest BCUT2D eigenvalue weighted by Gasteiger charge is -1.99. The van der Waals surface area contributed by atoms with Crippen molar-refractivity contribution in [2.75, 3.05) is 13.1 Å². The van der Waals surface area contributed by atoms with Crippen molar-refractivity contribution in [2.24, 2.45) is 22.9 Å². The molecule has 7 heteroatoms. The number of hydrogen-bond acceptors (Lipinski definition) is 5. The van der Waals surface area contributed by atoms with Gasteiger partial charge in [-0.25, -0.2) is 0 Å². The van der Waals surface area contributed by atoms with Crippen LogP contribution in [0.1, 0.15) is 12.8 Å². The van der Waals surface area contributed by atoms with Crippen LogP contribution in [-0.4, -0.2) is 36.1 Å². The summed E-state index contributed by atoms with van der Waals surface area (Å²) in [4.78, 5) is 19.9. The normalized spacial score (nSPS) is 11.1. The van der Waals surface area contributed by atoms with Crippen LogP contribution in [0.5, 0.6) is 0 Å². The number of aliphatic carboxylic acids is 1. The van der Waals surface area contributed by atoms with Gasteiger partial charge in [-0.2, -0.15) is 0 Å². The van der Waals surface area contributed by atoms with Crippen LogP contribution >= 0.6 is 0 Å². The fraction of sp³-hybridized carbons (Fsp3) is 0.714. The Morgan fingerprint density at radius 2 is 1.64 bits per heavy atom. The average Bonchev–Trinajstić information content (AvgIpc) is 2.05. The van der Waals surface area contributed by atoms with Crippen molar-refractivity contribution in [3.8, 4) is 0 Å². The number of primary amides is 1. The number of nitrogens with two attached hydrogens (primary N) is 4. The van der Waals surface area contributed by atoms with Gasteiger partial charge in [0.25, 0.3) is 0 Å². The Morgan fingerprint density at radius 3 is 1.71 bits per heavy atom. The van der Waals surface area contributed by atoms with Crippen molar-refractivity contribution >= 4 is 11.9 Å². The summed E-state index contributed by atoms with van der Waals surface area (Å²) in [6, 6.07) is -1.16. The Labute approximate surface area is 82.4 Å². The lowest BCUT2D eigenvalue weighted by Crippen LogP contribution is -2.34. The van der Waals surface area contributed by atoms with Gasteiger partial charge < -0.3 is 28.0 Å². The minimum Gasteiger partial charge on any atom is -0.480 e. The van der Waals surface area contributed by atoms with Gasteiger partial charge in [-0.1, -0.05) is 0 Å². The molecular formula is C7H18N4O3. The molecule has 0 aliphatic carbocycles. The van der Waals surface area contributed by atoms with E-state index >= 15 is 0 Å². The number of carbonyl (C=O) groups is 2. The molecule has 0 heterocycles. The summed E-state index contributed by atoms with van der Waals surface area (Å²) in [6.07, 6.45) is 0.634. The topological polar surface area (TPSA) is 158 Å². The van der Waals surface area contributed by atoms with E-state index in [0.29, 0.717) is 0 Å². The Morgan fingerprint density at radius 1 is 1.21 bits per heavy atom. The first-order valence-electron chi connectivity index (χ1n) is 4.12. The zero-order chi connectivity index (χ0) is 11.6. The molecule has 0 saturated carbocycles. The van der Waals surface area contributed by atoms with Crippen LogP contribution in [0.15, 0.2) is 0 Å². The molecule has 0 bridgehead atoms. The molecule has 0 aliphatic rings. The van der Waals surface area contributed by atoms with E-state index in [2.05, 4.69) is 5.73 Å². The van der Waals surface area contributed by atoms with E-state index in [1.54, 1.807) is 0 Å². The first-order valence-corrected chi connectivity index (χ1v) is 4.12. The summed E-state index contributed by atoms with van der Waals surface area (Å²) >= 11 is 0. The largest absolute Gasteiger partial charge is 0.480 e. The molecule has 0 fully saturated rings. The highest BCUT2D eigenvalue weighted by Crippen LogP contribution is 1.84. The maximum atomic E-state index is 9.99. The SMILES string of the molecule is NC(=O)C[C@H](N)C(=O)O.NCCCN. The van der Waals surface area contributed by atoms with Gasteiger partial charge in [0.15, 0.2) is 0 Å². The second-order valence-corrected chi connectivity index (χ2v) is 2.55. The lowest BCUT2D eigenvalue weighted by atomic mass is 10.2. The predicted molar refractivity (Wildman–Crippen MR) is 52.1 cm³/mol. The smallest absolute Gasteiger partial charge is 0.321 e. The van der Waals surface area contributed by atoms with E-state index in [1.807, 2.05) is 0 Å². The van der Waals surface area contributed by atoms with Crippen LogP contribution < -0.4 is 22.9 Å². The fourth-order valence-corrected chi connectivity index (χ4v) is 0.422. The molecule has 0 aliphatic heterocycles. The van der Waals surface area contributed by atoms with Crippen molar-refractivity contribution in [3.05, 3.63) is 0 Å². The Balaban J connectivity index is 0. The number of carboxylic acid groups (broad SMARTS) is 1. The Kier molecular flexibility index (Phi) is 10.8. The third-order valence-corrected chi connectivity index (χ3v) is 1.15. The van der Waals surface area contributed by atoms with Crippen molar-refractivity contribution < 1.29 is 14.7 Å². The number of amides is 1. The van der Waals surface area contributed by atoms with Gasteiger partial charge in [0.1, 0.15) is 6.04 Å². The average molecular weight is 206 g/mol. The van der Waals surface area contributed by atoms with Gasteiger partial charge >= 0.3 is 5.97 Å². The van der Waals surface area contributed by atoms with Crippen molar-refractivity contribution in [1.82, 2.24) is 0 Å². The minimum absolute atomic E-state index is 0.310. The molecule has 0 saturated heterocycles. The molecule has 0 aromatic heterocycles. The number of carboxylic acids is 1. The highest BCUT2D eigenvalue weighted by molar-refractivity contribution is 5.83. The molecule has 7 nitrogen and oxygen atoms in total. The van der Waals surface area contributed by atoms with E-state index in [9.17, 15) is 9.59 Å². The summed E-state index contributed by atoms with van der Waals surface area (Å²) in [7, 11) is 0. The Bertz CT molecular complexity index is 172. The van der Waals surface area contributed by atoms with Crippen molar-refractivity contribution in [2.45, 2.75) is 18.9 Å². The standard InChI is InChI=1S/C4H8N2O3.C3H10N2/c5-2(4(8)9)1-3(6)7;4-2-1-3-5/h2H,1,5H2,(H2,6,7)(H,8,9);1-5H2/t2-;/m0./s1. The molecule has 0 aromatic rings. The quantitative estimate of drug-likeness (QED) is 0.336. The number of carbonyl (C=O) groups excluding carboxylic acids is 1. The third-order valence-electron chi connectivity index (χ3n) is 1.15. The third kappa shape index (κ3) is 13.4. The van der Waals surface area contributed by atoms with E-state index < -0.39 is 17.9 Å². The highest BCUT2D eigenvalue weighted by Gasteiger charge is 2.13. The van der Waals surface area contributed by atoms with Gasteiger partial charge in [-0.05, 0) is 19.5 Å². The zero-order valence-electron chi connectivity index (χ0n) is 7.98. The fourth-order valence-electron chi connectivity index (χ4n) is 0.422. The second kappa shape index (κ2) is 9.90. The van der Waals surface area contributed by atoms with E-state index in [-0.39, 0.29) is 6.42 Å². The van der Waals surface area contributed by atoms with Gasteiger partial charge in [0, 0.05) is 0 Å². The molecule has 14 heavy (non-hydrogen) atoms. The summed E-state index contributed by atoms with van der Waals surface area (Å²) < 4.78 is 0. The molecule has 0 spiro atoms. The van der Waals surface area contributed by atoms with Crippen molar-refractivity contribution in [3.63, 3.8) is 0 Å². The van der Waals surface area contributed by atoms with E-state index in [1.165, 1.54) is 0 Å². The molecule has 0 aromatic carbocycles. The summed E-state index contributed by atoms with van der Waals surface area (Å²) in [5.74, 6) is -1.92. The minimum atomic E-state index is -1.21. The summed E-state index contributed by atoms with van der Waals surface area (Å²) in [5, 5.41) is 8.10. The van der Waals surface area contributed by atoms with Crippen LogP contribution in [-0.2, 0) is 9.59 Å². The number of rotatable bonds is 5. The molecular weight excluding hydrogens is 188 g/mol. The lowest BCUT2D eigenvalue weighted by molar-refractivity contribution is -0.140.